The summed E-state index contributed by atoms with van der Waals surface area (Å²) >= 11 is 0. The van der Waals surface area contributed by atoms with Gasteiger partial charge in [-0.3, -0.25) is 0 Å². The van der Waals surface area contributed by atoms with Crippen LogP contribution in [-0.4, -0.2) is 0 Å². The van der Waals surface area contributed by atoms with Crippen LogP contribution in [0.25, 0.3) is 0 Å². The molecule has 0 fully saturated rings. The zero-order valence-corrected chi connectivity index (χ0v) is 7.88. The minimum absolute atomic E-state index is 0.542. The van der Waals surface area contributed by atoms with E-state index in [9.17, 15) is 0 Å². The van der Waals surface area contributed by atoms with E-state index in [0.717, 1.165) is 5.56 Å². The molecule has 1 unspecified atom stereocenters. The van der Waals surface area contributed by atoms with Crippen molar-refractivity contribution in [2.75, 3.05) is 0 Å². The number of nitriles is 1. The van der Waals surface area contributed by atoms with Gasteiger partial charge in [-0.1, -0.05) is 25.1 Å². The maximum absolute atomic E-state index is 8.58. The predicted octanol–water partition coefficient (Wildman–Crippen LogP) is 2.80. The maximum Gasteiger partial charge on any atom is 0.0669 e. The summed E-state index contributed by atoms with van der Waals surface area (Å²) < 4.78 is 0. The Hall–Kier alpha value is -1.29. The van der Waals surface area contributed by atoms with Crippen molar-refractivity contribution in [3.8, 4) is 6.07 Å². The first-order valence-corrected chi connectivity index (χ1v) is 4.80. The van der Waals surface area contributed by atoms with E-state index >= 15 is 0 Å². The highest BCUT2D eigenvalue weighted by atomic mass is 14.2. The van der Waals surface area contributed by atoms with E-state index in [4.69, 9.17) is 5.26 Å². The number of hydrogen-bond acceptors (Lipinski definition) is 1. The van der Waals surface area contributed by atoms with Crippen LogP contribution >= 0.6 is 0 Å². The lowest BCUT2D eigenvalue weighted by atomic mass is 10.00. The molecule has 0 aromatic heterocycles. The summed E-state index contributed by atoms with van der Waals surface area (Å²) in [5.74, 6) is 0.689. The van der Waals surface area contributed by atoms with Gasteiger partial charge in [-0.05, 0) is 35.4 Å². The van der Waals surface area contributed by atoms with Gasteiger partial charge in [-0.25, -0.2) is 0 Å². The van der Waals surface area contributed by atoms with Gasteiger partial charge in [0.05, 0.1) is 12.5 Å². The molecule has 1 aromatic carbocycles. The Kier molecular flexibility index (Phi) is 2.06. The van der Waals surface area contributed by atoms with Crippen LogP contribution in [0.3, 0.4) is 0 Å². The number of fused-ring (bicyclic) bond motifs is 1. The van der Waals surface area contributed by atoms with E-state index in [1.807, 2.05) is 0 Å². The van der Waals surface area contributed by atoms with E-state index in [2.05, 4.69) is 31.2 Å². The summed E-state index contributed by atoms with van der Waals surface area (Å²) in [6.45, 7) is 2.27. The molecule has 0 heterocycles. The summed E-state index contributed by atoms with van der Waals surface area (Å²) in [5.41, 5.74) is 4.11. The molecule has 1 nitrogen and oxygen atoms in total. The topological polar surface area (TPSA) is 23.8 Å². The fraction of sp³-hybridized carbons (Fsp3) is 0.417. The van der Waals surface area contributed by atoms with E-state index in [1.165, 1.54) is 24.0 Å². The van der Waals surface area contributed by atoms with Gasteiger partial charge >= 0.3 is 0 Å². The van der Waals surface area contributed by atoms with Crippen LogP contribution in [0.15, 0.2) is 18.2 Å². The third kappa shape index (κ3) is 1.45. The summed E-state index contributed by atoms with van der Waals surface area (Å²) in [5, 5.41) is 8.58. The predicted molar refractivity (Wildman–Crippen MR) is 52.5 cm³/mol. The molecule has 0 bridgehead atoms. The average molecular weight is 171 g/mol. The molecule has 0 spiro atoms. The van der Waals surface area contributed by atoms with Crippen molar-refractivity contribution in [1.29, 1.82) is 5.26 Å². The zero-order chi connectivity index (χ0) is 9.26. The molecule has 0 saturated heterocycles. The molecule has 0 saturated carbocycles. The second-order valence-electron chi connectivity index (χ2n) is 3.81. The van der Waals surface area contributed by atoms with E-state index < -0.39 is 0 Å². The van der Waals surface area contributed by atoms with Crippen molar-refractivity contribution >= 4 is 0 Å². The molecule has 1 aliphatic rings. The van der Waals surface area contributed by atoms with Crippen molar-refractivity contribution in [3.05, 3.63) is 34.9 Å². The molecule has 0 radical (unpaired) electrons. The van der Waals surface area contributed by atoms with Gasteiger partial charge in [0.15, 0.2) is 0 Å². The van der Waals surface area contributed by atoms with Gasteiger partial charge in [0.2, 0.25) is 0 Å². The van der Waals surface area contributed by atoms with Crippen LogP contribution in [0, 0.1) is 11.3 Å². The van der Waals surface area contributed by atoms with Gasteiger partial charge < -0.3 is 0 Å². The second-order valence-corrected chi connectivity index (χ2v) is 3.81. The van der Waals surface area contributed by atoms with E-state index in [-0.39, 0.29) is 0 Å². The van der Waals surface area contributed by atoms with Crippen molar-refractivity contribution in [2.45, 2.75) is 32.1 Å². The van der Waals surface area contributed by atoms with Crippen LogP contribution in [0.2, 0.25) is 0 Å². The Morgan fingerprint density at radius 3 is 3.15 bits per heavy atom. The maximum atomic E-state index is 8.58. The Bertz CT molecular complexity index is 360. The number of hydrogen-bond donors (Lipinski definition) is 0. The van der Waals surface area contributed by atoms with Crippen LogP contribution < -0.4 is 0 Å². The lowest BCUT2D eigenvalue weighted by Crippen LogP contribution is -1.89. The molecule has 1 atom stereocenters. The van der Waals surface area contributed by atoms with Gasteiger partial charge in [0.1, 0.15) is 0 Å². The number of aryl methyl sites for hydroxylation is 1. The van der Waals surface area contributed by atoms with Crippen molar-refractivity contribution in [3.63, 3.8) is 0 Å². The van der Waals surface area contributed by atoms with Crippen LogP contribution in [0.1, 0.15) is 36.0 Å². The van der Waals surface area contributed by atoms with Gasteiger partial charge in [-0.15, -0.1) is 0 Å². The minimum Gasteiger partial charge on any atom is -0.198 e. The molecule has 1 heteroatoms. The Labute approximate surface area is 79.0 Å². The van der Waals surface area contributed by atoms with Crippen LogP contribution in [0.4, 0.5) is 0 Å². The Morgan fingerprint density at radius 1 is 1.54 bits per heavy atom. The van der Waals surface area contributed by atoms with Gasteiger partial charge in [0.25, 0.3) is 0 Å². The average Bonchev–Trinajstić information content (AvgIpc) is 2.49. The highest BCUT2D eigenvalue weighted by Gasteiger charge is 2.17. The normalized spacial score (nSPS) is 19.5. The zero-order valence-electron chi connectivity index (χ0n) is 7.88. The molecule has 2 rings (SSSR count). The Morgan fingerprint density at radius 2 is 2.38 bits per heavy atom. The van der Waals surface area contributed by atoms with Crippen LogP contribution in [-0.2, 0) is 12.8 Å². The van der Waals surface area contributed by atoms with Crippen molar-refractivity contribution in [1.82, 2.24) is 0 Å². The van der Waals surface area contributed by atoms with Crippen LogP contribution in [0.5, 0.6) is 0 Å². The first-order chi connectivity index (χ1) is 6.31. The van der Waals surface area contributed by atoms with Gasteiger partial charge in [0, 0.05) is 0 Å². The summed E-state index contributed by atoms with van der Waals surface area (Å²) in [6, 6.07) is 8.66. The molecular weight excluding hydrogens is 158 g/mol. The monoisotopic (exact) mass is 171 g/mol. The summed E-state index contributed by atoms with van der Waals surface area (Å²) in [4.78, 5) is 0. The number of rotatable bonds is 1. The molecule has 1 aliphatic carbocycles. The molecule has 13 heavy (non-hydrogen) atoms. The highest BCUT2D eigenvalue weighted by Crippen LogP contribution is 2.32. The summed E-state index contributed by atoms with van der Waals surface area (Å²) in [6.07, 6.45) is 3.02. The minimum atomic E-state index is 0.542. The smallest absolute Gasteiger partial charge is 0.0669 e. The SMILES string of the molecule is CC1CCc2ccc(CC#N)cc21. The van der Waals surface area contributed by atoms with E-state index in [0.29, 0.717) is 12.3 Å². The Balaban J connectivity index is 2.37. The number of benzene rings is 1. The van der Waals surface area contributed by atoms with E-state index in [1.54, 1.807) is 0 Å². The summed E-state index contributed by atoms with van der Waals surface area (Å²) in [7, 11) is 0. The van der Waals surface area contributed by atoms with Gasteiger partial charge in [-0.2, -0.15) is 5.26 Å². The fourth-order valence-corrected chi connectivity index (χ4v) is 2.06. The molecule has 66 valence electrons. The lowest BCUT2D eigenvalue weighted by Gasteiger charge is -2.05. The molecule has 0 aliphatic heterocycles. The standard InChI is InChI=1S/C12H13N/c1-9-2-4-11-5-3-10(6-7-13)8-12(9)11/h3,5,8-9H,2,4,6H2,1H3. The lowest BCUT2D eigenvalue weighted by molar-refractivity contribution is 0.747. The third-order valence-corrected chi connectivity index (χ3v) is 2.87. The number of nitrogens with zero attached hydrogens (tertiary/aromatic N) is 1. The molecule has 0 N–H and O–H groups in total. The molecule has 0 amide bonds. The first-order valence-electron chi connectivity index (χ1n) is 4.80. The largest absolute Gasteiger partial charge is 0.198 e. The van der Waals surface area contributed by atoms with Crippen molar-refractivity contribution < 1.29 is 0 Å². The fourth-order valence-electron chi connectivity index (χ4n) is 2.06. The highest BCUT2D eigenvalue weighted by molar-refractivity contribution is 5.38. The molecular formula is C12H13N. The van der Waals surface area contributed by atoms with Crippen molar-refractivity contribution in [2.24, 2.45) is 0 Å². The third-order valence-electron chi connectivity index (χ3n) is 2.87. The molecule has 1 aromatic rings. The second kappa shape index (κ2) is 3.22. The quantitative estimate of drug-likeness (QED) is 0.637. The first kappa shape index (κ1) is 8.31.